The summed E-state index contributed by atoms with van der Waals surface area (Å²) >= 11 is 7.25. The van der Waals surface area contributed by atoms with Gasteiger partial charge in [-0.25, -0.2) is 4.98 Å². The Morgan fingerprint density at radius 3 is 2.88 bits per heavy atom. The summed E-state index contributed by atoms with van der Waals surface area (Å²) in [6, 6.07) is 3.44. The van der Waals surface area contributed by atoms with E-state index in [1.165, 1.54) is 19.5 Å². The first-order valence-electron chi connectivity index (χ1n) is 10.0. The molecule has 4 heterocycles. The van der Waals surface area contributed by atoms with Crippen molar-refractivity contribution in [2.45, 2.75) is 26.4 Å². The maximum absolute atomic E-state index is 13.1. The number of ether oxygens (including phenoxy) is 3. The van der Waals surface area contributed by atoms with Gasteiger partial charge in [-0.3, -0.25) is 15.1 Å². The average molecular weight is 476 g/mol. The molecule has 1 N–H and O–H groups in total. The molecule has 0 unspecified atom stereocenters. The maximum atomic E-state index is 13.1. The van der Waals surface area contributed by atoms with Gasteiger partial charge >= 0.3 is 0 Å². The number of aryl methyl sites for hydroxylation is 1. The number of nitrogens with one attached hydrogen (secondary N) is 1. The monoisotopic (exact) mass is 475 g/mol. The molecule has 1 amide bonds. The maximum Gasteiger partial charge on any atom is 0.295 e. The molecule has 2 atom stereocenters. The van der Waals surface area contributed by atoms with Gasteiger partial charge in [0.05, 0.1) is 31.6 Å². The van der Waals surface area contributed by atoms with Crippen LogP contribution in [0.1, 0.15) is 29.4 Å². The topological polar surface area (TPSA) is 108 Å². The zero-order valence-corrected chi connectivity index (χ0v) is 19.4. The Kier molecular flexibility index (Phi) is 6.83. The summed E-state index contributed by atoms with van der Waals surface area (Å²) in [5.41, 5.74) is 2.33. The Bertz CT molecular complexity index is 1130. The molecule has 1 saturated heterocycles. The number of methoxy groups -OCH3 is 1. The molecule has 1 aliphatic rings. The largest absolute Gasteiger partial charge is 0.494 e. The number of carbonyl (C=O) groups excluding carboxylic acids is 1. The molecule has 1 aliphatic heterocycles. The number of pyridine rings is 2. The van der Waals surface area contributed by atoms with E-state index in [0.29, 0.717) is 45.3 Å². The summed E-state index contributed by atoms with van der Waals surface area (Å²) in [6.07, 6.45) is 4.14. The van der Waals surface area contributed by atoms with Crippen LogP contribution in [0.15, 0.2) is 24.5 Å². The van der Waals surface area contributed by atoms with Crippen LogP contribution < -0.4 is 14.8 Å². The summed E-state index contributed by atoms with van der Waals surface area (Å²) < 4.78 is 16.7. The van der Waals surface area contributed by atoms with Crippen molar-refractivity contribution in [2.24, 2.45) is 5.92 Å². The second kappa shape index (κ2) is 9.76. The number of rotatable bonds is 7. The predicted octanol–water partition coefficient (Wildman–Crippen LogP) is 4.02. The smallest absolute Gasteiger partial charge is 0.295 e. The quantitative estimate of drug-likeness (QED) is 0.510. The van der Waals surface area contributed by atoms with Gasteiger partial charge in [0.1, 0.15) is 10.9 Å². The molecule has 3 aromatic rings. The lowest BCUT2D eigenvalue weighted by Crippen LogP contribution is -2.19. The Balaban J connectivity index is 1.52. The first kappa shape index (κ1) is 22.4. The van der Waals surface area contributed by atoms with Gasteiger partial charge in [-0.2, -0.15) is 0 Å². The average Bonchev–Trinajstić information content (AvgIpc) is 3.40. The third kappa shape index (κ3) is 4.98. The molecule has 9 nitrogen and oxygen atoms in total. The second-order valence-corrected chi connectivity index (χ2v) is 8.67. The van der Waals surface area contributed by atoms with Crippen molar-refractivity contribution >= 4 is 34.0 Å². The highest BCUT2D eigenvalue weighted by Crippen LogP contribution is 2.34. The standard InChI is InChI=1S/C21H22ClN5O4S/c1-11-6-14(15-7-18(22)24-9-17(15)29-3)16(8-23-11)19(28)25-20-26-27-21(32-20)31-10-13-4-5-30-12(13)2/h6-9,12-13H,4-5,10H2,1-3H3,(H,25,26,28)/t12-,13-/m0/s1. The van der Waals surface area contributed by atoms with Crippen molar-refractivity contribution in [3.8, 4) is 22.1 Å². The Labute approximate surface area is 194 Å². The fourth-order valence-corrected chi connectivity index (χ4v) is 4.17. The van der Waals surface area contributed by atoms with Gasteiger partial charge in [0.25, 0.3) is 11.1 Å². The Morgan fingerprint density at radius 2 is 2.12 bits per heavy atom. The summed E-state index contributed by atoms with van der Waals surface area (Å²) in [5, 5.41) is 11.8. The van der Waals surface area contributed by atoms with E-state index >= 15 is 0 Å². The minimum absolute atomic E-state index is 0.160. The van der Waals surface area contributed by atoms with Gasteiger partial charge in [-0.1, -0.05) is 16.7 Å². The normalized spacial score (nSPS) is 17.9. The third-order valence-corrected chi connectivity index (χ3v) is 6.17. The molecular weight excluding hydrogens is 454 g/mol. The van der Waals surface area contributed by atoms with Crippen LogP contribution in [0.4, 0.5) is 5.13 Å². The molecule has 0 spiro atoms. The van der Waals surface area contributed by atoms with Crippen molar-refractivity contribution in [3.63, 3.8) is 0 Å². The summed E-state index contributed by atoms with van der Waals surface area (Å²) in [4.78, 5) is 21.4. The van der Waals surface area contributed by atoms with Crippen LogP contribution >= 0.6 is 22.9 Å². The highest BCUT2D eigenvalue weighted by Gasteiger charge is 2.25. The molecule has 0 aliphatic carbocycles. The summed E-state index contributed by atoms with van der Waals surface area (Å²) in [5.74, 6) is 0.425. The van der Waals surface area contributed by atoms with E-state index in [2.05, 4.69) is 25.5 Å². The molecule has 168 valence electrons. The number of halogens is 1. The van der Waals surface area contributed by atoms with E-state index < -0.39 is 0 Å². The van der Waals surface area contributed by atoms with E-state index in [-0.39, 0.29) is 17.2 Å². The minimum atomic E-state index is -0.386. The first-order chi connectivity index (χ1) is 15.4. The van der Waals surface area contributed by atoms with E-state index in [0.717, 1.165) is 30.1 Å². The fourth-order valence-electron chi connectivity index (χ4n) is 3.41. The molecule has 0 aromatic carbocycles. The van der Waals surface area contributed by atoms with Crippen LogP contribution in [0.25, 0.3) is 11.1 Å². The number of anilines is 1. The number of carbonyl (C=O) groups is 1. The van der Waals surface area contributed by atoms with E-state index in [9.17, 15) is 4.79 Å². The fraction of sp³-hybridized carbons (Fsp3) is 0.381. The number of hydrogen-bond acceptors (Lipinski definition) is 9. The van der Waals surface area contributed by atoms with Crippen molar-refractivity contribution in [3.05, 3.63) is 40.9 Å². The van der Waals surface area contributed by atoms with Crippen LogP contribution in [0.5, 0.6) is 10.9 Å². The van der Waals surface area contributed by atoms with Gasteiger partial charge in [0, 0.05) is 35.5 Å². The van der Waals surface area contributed by atoms with E-state index in [1.807, 2.05) is 13.8 Å². The second-order valence-electron chi connectivity index (χ2n) is 7.34. The number of nitrogens with zero attached hydrogens (tertiary/aromatic N) is 4. The zero-order chi connectivity index (χ0) is 22.7. The van der Waals surface area contributed by atoms with Crippen LogP contribution in [-0.4, -0.2) is 52.5 Å². The summed E-state index contributed by atoms with van der Waals surface area (Å²) in [7, 11) is 1.53. The molecule has 0 saturated carbocycles. The Hall–Kier alpha value is -2.82. The lowest BCUT2D eigenvalue weighted by atomic mass is 10.0. The minimum Gasteiger partial charge on any atom is -0.494 e. The van der Waals surface area contributed by atoms with Gasteiger partial charge in [-0.05, 0) is 43.7 Å². The number of hydrogen-bond donors (Lipinski definition) is 1. The molecule has 0 radical (unpaired) electrons. The molecule has 0 bridgehead atoms. The molecule has 32 heavy (non-hydrogen) atoms. The number of aromatic nitrogens is 4. The highest BCUT2D eigenvalue weighted by atomic mass is 35.5. The van der Waals surface area contributed by atoms with Crippen molar-refractivity contribution in [2.75, 3.05) is 25.6 Å². The zero-order valence-electron chi connectivity index (χ0n) is 17.8. The molecular formula is C21H22ClN5O4S. The van der Waals surface area contributed by atoms with Gasteiger partial charge in [0.2, 0.25) is 5.13 Å². The van der Waals surface area contributed by atoms with E-state index in [1.54, 1.807) is 12.1 Å². The lowest BCUT2D eigenvalue weighted by molar-refractivity contribution is 0.0903. The lowest BCUT2D eigenvalue weighted by Gasteiger charge is -2.13. The van der Waals surface area contributed by atoms with Gasteiger partial charge in [0.15, 0.2) is 0 Å². The molecule has 11 heteroatoms. The SMILES string of the molecule is COc1cnc(Cl)cc1-c1cc(C)ncc1C(=O)Nc1nnc(OC[C@@H]2CCO[C@H]2C)s1. The molecule has 3 aromatic heterocycles. The van der Waals surface area contributed by atoms with Crippen molar-refractivity contribution in [1.29, 1.82) is 0 Å². The molecule has 1 fully saturated rings. The third-order valence-electron chi connectivity index (χ3n) is 5.21. The Morgan fingerprint density at radius 1 is 1.28 bits per heavy atom. The van der Waals surface area contributed by atoms with Crippen LogP contribution in [0.2, 0.25) is 5.15 Å². The number of amides is 1. The van der Waals surface area contributed by atoms with Crippen LogP contribution in [0, 0.1) is 12.8 Å². The van der Waals surface area contributed by atoms with Crippen molar-refractivity contribution < 1.29 is 19.0 Å². The van der Waals surface area contributed by atoms with E-state index in [4.69, 9.17) is 25.8 Å². The van der Waals surface area contributed by atoms with Gasteiger partial charge < -0.3 is 14.2 Å². The van der Waals surface area contributed by atoms with Crippen LogP contribution in [-0.2, 0) is 4.74 Å². The molecule has 4 rings (SSSR count). The van der Waals surface area contributed by atoms with Gasteiger partial charge in [-0.15, -0.1) is 5.10 Å². The predicted molar refractivity (Wildman–Crippen MR) is 121 cm³/mol. The highest BCUT2D eigenvalue weighted by molar-refractivity contribution is 7.17. The van der Waals surface area contributed by atoms with Crippen molar-refractivity contribution in [1.82, 2.24) is 20.2 Å². The first-order valence-corrected chi connectivity index (χ1v) is 11.2. The van der Waals surface area contributed by atoms with Crippen LogP contribution in [0.3, 0.4) is 0 Å². The summed E-state index contributed by atoms with van der Waals surface area (Å²) in [6.45, 7) is 5.11.